The largest absolute Gasteiger partial charge is 0.495 e. The lowest BCUT2D eigenvalue weighted by atomic mass is 9.99. The summed E-state index contributed by atoms with van der Waals surface area (Å²) in [6, 6.07) is 6.09. The third-order valence-electron chi connectivity index (χ3n) is 4.25. The number of benzene rings is 1. The summed E-state index contributed by atoms with van der Waals surface area (Å²) in [5.74, 6) is -2.58. The lowest BCUT2D eigenvalue weighted by Gasteiger charge is -2.32. The van der Waals surface area contributed by atoms with E-state index in [0.717, 1.165) is 0 Å². The van der Waals surface area contributed by atoms with E-state index in [1.165, 1.54) is 19.2 Å². The van der Waals surface area contributed by atoms with Gasteiger partial charge >= 0.3 is 18.0 Å². The number of alkyl halides is 3. The van der Waals surface area contributed by atoms with Crippen LogP contribution in [0.2, 0.25) is 0 Å². The summed E-state index contributed by atoms with van der Waals surface area (Å²) < 4.78 is 45.4. The van der Waals surface area contributed by atoms with Gasteiger partial charge in [0.15, 0.2) is 0 Å². The smallest absolute Gasteiger partial charge is 0.438 e. The van der Waals surface area contributed by atoms with Crippen LogP contribution >= 0.6 is 0 Å². The van der Waals surface area contributed by atoms with E-state index in [0.29, 0.717) is 6.42 Å². The fourth-order valence-corrected chi connectivity index (χ4v) is 2.67. The first-order chi connectivity index (χ1) is 13.0. The van der Waals surface area contributed by atoms with Crippen molar-refractivity contribution in [3.05, 3.63) is 24.3 Å². The van der Waals surface area contributed by atoms with E-state index in [9.17, 15) is 27.9 Å². The molecule has 0 fully saturated rings. The lowest BCUT2D eigenvalue weighted by molar-refractivity contribution is -0.301. The molecule has 2 N–H and O–H groups in total. The molecule has 1 aliphatic heterocycles. The van der Waals surface area contributed by atoms with Crippen molar-refractivity contribution in [1.82, 2.24) is 5.01 Å². The summed E-state index contributed by atoms with van der Waals surface area (Å²) in [5, 5.41) is 15.8. The number of carbonyl (C=O) groups excluding carboxylic acids is 2. The Morgan fingerprint density at radius 2 is 2.00 bits per heavy atom. The van der Waals surface area contributed by atoms with Gasteiger partial charge in [-0.25, -0.2) is 0 Å². The van der Waals surface area contributed by atoms with Crippen molar-refractivity contribution in [2.75, 3.05) is 12.4 Å². The minimum Gasteiger partial charge on any atom is -0.495 e. The molecule has 2 rings (SSSR count). The molecule has 10 heteroatoms. The number of rotatable bonds is 5. The maximum absolute atomic E-state index is 13.5. The first-order valence-corrected chi connectivity index (χ1v) is 8.63. The van der Waals surface area contributed by atoms with Gasteiger partial charge in [-0.05, 0) is 30.9 Å². The predicted octanol–water partition coefficient (Wildman–Crippen LogP) is 2.91. The van der Waals surface area contributed by atoms with Gasteiger partial charge in [-0.2, -0.15) is 23.3 Å². The molecule has 7 nitrogen and oxygen atoms in total. The highest BCUT2D eigenvalue weighted by atomic mass is 19.4. The topological polar surface area (TPSA) is 91.2 Å². The van der Waals surface area contributed by atoms with Crippen LogP contribution in [0.4, 0.5) is 18.9 Å². The highest BCUT2D eigenvalue weighted by Crippen LogP contribution is 2.41. The van der Waals surface area contributed by atoms with Gasteiger partial charge in [0.05, 0.1) is 12.8 Å². The quantitative estimate of drug-likeness (QED) is 0.743. The molecule has 1 heterocycles. The Morgan fingerprint density at radius 1 is 1.36 bits per heavy atom. The number of methoxy groups -OCH3 is 1. The van der Waals surface area contributed by atoms with Crippen molar-refractivity contribution < 1.29 is 32.6 Å². The van der Waals surface area contributed by atoms with E-state index in [1.54, 1.807) is 12.1 Å². The van der Waals surface area contributed by atoms with Crippen molar-refractivity contribution in [2.24, 2.45) is 11.0 Å². The van der Waals surface area contributed by atoms with Crippen molar-refractivity contribution in [3.63, 3.8) is 0 Å². The van der Waals surface area contributed by atoms with Gasteiger partial charge in [0.25, 0.3) is 5.72 Å². The summed E-state index contributed by atoms with van der Waals surface area (Å²) >= 11 is 0. The maximum atomic E-state index is 13.5. The van der Waals surface area contributed by atoms with Gasteiger partial charge in [-0.1, -0.05) is 26.0 Å². The van der Waals surface area contributed by atoms with E-state index in [4.69, 9.17) is 4.74 Å². The van der Waals surface area contributed by atoms with Crippen LogP contribution in [0.1, 0.15) is 33.1 Å². The van der Waals surface area contributed by atoms with E-state index in [-0.39, 0.29) is 34.5 Å². The van der Waals surface area contributed by atoms with Crippen LogP contribution in [-0.4, -0.2) is 46.7 Å². The molecule has 1 aromatic rings. The molecule has 0 saturated heterocycles. The van der Waals surface area contributed by atoms with Gasteiger partial charge in [-0.3, -0.25) is 9.59 Å². The summed E-state index contributed by atoms with van der Waals surface area (Å²) in [7, 11) is 1.33. The number of hydrazone groups is 1. The zero-order chi connectivity index (χ0) is 21.1. The van der Waals surface area contributed by atoms with Crippen molar-refractivity contribution in [2.45, 2.75) is 45.0 Å². The Balaban J connectivity index is 2.26. The number of amides is 2. The predicted molar refractivity (Wildman–Crippen MR) is 95.6 cm³/mol. The number of halogens is 3. The SMILES string of the molecule is COc1ccccc1NC(=O)C(=O)N1N=C(CCC(C)C)C[C@@]1(O)C(F)(F)F. The van der Waals surface area contributed by atoms with Crippen LogP contribution in [-0.2, 0) is 9.59 Å². The average Bonchev–Trinajstić information content (AvgIpc) is 2.97. The van der Waals surface area contributed by atoms with Crippen LogP contribution in [0.15, 0.2) is 29.4 Å². The van der Waals surface area contributed by atoms with Crippen LogP contribution in [0.25, 0.3) is 0 Å². The Hall–Kier alpha value is -2.62. The number of carbonyl (C=O) groups is 2. The number of hydrogen-bond donors (Lipinski definition) is 2. The molecular weight excluding hydrogens is 379 g/mol. The molecule has 28 heavy (non-hydrogen) atoms. The van der Waals surface area contributed by atoms with Crippen LogP contribution in [0, 0.1) is 5.92 Å². The minimum absolute atomic E-state index is 0.00645. The summed E-state index contributed by atoms with van der Waals surface area (Å²) in [6.07, 6.45) is -5.37. The van der Waals surface area contributed by atoms with Crippen LogP contribution in [0.5, 0.6) is 5.75 Å². The fraction of sp³-hybridized carbons (Fsp3) is 0.500. The van der Waals surface area contributed by atoms with Gasteiger partial charge in [0.2, 0.25) is 0 Å². The van der Waals surface area contributed by atoms with E-state index in [2.05, 4.69) is 10.4 Å². The highest BCUT2D eigenvalue weighted by Gasteiger charge is 2.63. The van der Waals surface area contributed by atoms with Gasteiger partial charge in [-0.15, -0.1) is 0 Å². The molecule has 1 aromatic carbocycles. The molecule has 1 aliphatic rings. The third kappa shape index (κ3) is 4.44. The molecule has 154 valence electrons. The monoisotopic (exact) mass is 401 g/mol. The Bertz CT molecular complexity index is 780. The molecule has 2 amide bonds. The molecule has 0 radical (unpaired) electrons. The number of anilines is 1. The highest BCUT2D eigenvalue weighted by molar-refractivity contribution is 6.40. The van der Waals surface area contributed by atoms with E-state index in [1.807, 2.05) is 13.8 Å². The second kappa shape index (κ2) is 8.17. The zero-order valence-electron chi connectivity index (χ0n) is 15.7. The lowest BCUT2D eigenvalue weighted by Crippen LogP contribution is -2.58. The van der Waals surface area contributed by atoms with Crippen molar-refractivity contribution in [1.29, 1.82) is 0 Å². The van der Waals surface area contributed by atoms with Crippen molar-refractivity contribution >= 4 is 23.2 Å². The number of nitrogens with zero attached hydrogens (tertiary/aromatic N) is 2. The Labute approximate surface area is 160 Å². The number of hydrogen-bond acceptors (Lipinski definition) is 5. The summed E-state index contributed by atoms with van der Waals surface area (Å²) in [6.45, 7) is 3.77. The molecule has 0 unspecified atom stereocenters. The molecule has 0 spiro atoms. The second-order valence-electron chi connectivity index (χ2n) is 6.86. The molecule has 0 aliphatic carbocycles. The first-order valence-electron chi connectivity index (χ1n) is 8.63. The summed E-state index contributed by atoms with van der Waals surface area (Å²) in [4.78, 5) is 24.7. The molecule has 0 aromatic heterocycles. The number of aliphatic hydroxyl groups is 1. The Morgan fingerprint density at radius 3 is 2.57 bits per heavy atom. The van der Waals surface area contributed by atoms with Gasteiger partial charge in [0.1, 0.15) is 5.75 Å². The molecule has 1 atom stereocenters. The van der Waals surface area contributed by atoms with Gasteiger partial charge < -0.3 is 15.2 Å². The van der Waals surface area contributed by atoms with E-state index >= 15 is 0 Å². The van der Waals surface area contributed by atoms with Gasteiger partial charge in [0, 0.05) is 12.1 Å². The fourth-order valence-electron chi connectivity index (χ4n) is 2.67. The number of ether oxygens (including phenoxy) is 1. The molecule has 0 bridgehead atoms. The minimum atomic E-state index is -5.18. The second-order valence-corrected chi connectivity index (χ2v) is 6.86. The van der Waals surface area contributed by atoms with E-state index < -0.39 is 30.1 Å². The van der Waals surface area contributed by atoms with Crippen LogP contribution < -0.4 is 10.1 Å². The molecule has 0 saturated carbocycles. The number of nitrogens with one attached hydrogen (secondary N) is 1. The van der Waals surface area contributed by atoms with Crippen LogP contribution in [0.3, 0.4) is 0 Å². The van der Waals surface area contributed by atoms with Crippen molar-refractivity contribution in [3.8, 4) is 5.75 Å². The summed E-state index contributed by atoms with van der Waals surface area (Å²) in [5.41, 5.74) is -3.46. The number of para-hydroxylation sites is 2. The molecular formula is C18H22F3N3O4. The standard InChI is InChI=1S/C18H22F3N3O4/c1-11(2)8-9-12-10-17(27,18(19,20)21)24(23-12)16(26)15(25)22-13-6-4-5-7-14(13)28-3/h4-7,11,27H,8-10H2,1-3H3,(H,22,25)/t17-/m1/s1. The zero-order valence-corrected chi connectivity index (χ0v) is 15.7. The normalized spacial score (nSPS) is 19.6. The Kier molecular flexibility index (Phi) is 6.33. The maximum Gasteiger partial charge on any atom is 0.438 e. The third-order valence-corrected chi connectivity index (χ3v) is 4.25. The average molecular weight is 401 g/mol. The first kappa shape index (κ1) is 21.7.